The molecule has 0 radical (unpaired) electrons. The minimum atomic E-state index is 0.807. The van der Waals surface area contributed by atoms with Crippen LogP contribution in [0.3, 0.4) is 0 Å². The van der Waals surface area contributed by atoms with Crippen LogP contribution in [0.15, 0.2) is 29.3 Å². The van der Waals surface area contributed by atoms with Crippen molar-refractivity contribution >= 4 is 28.8 Å². The van der Waals surface area contributed by atoms with Crippen molar-refractivity contribution in [3.63, 3.8) is 0 Å². The SMILES string of the molecule is C[N+](C)(C)c1ccc(N=C=S)cc1. The molecule has 0 unspecified atom stereocenters. The van der Waals surface area contributed by atoms with Crippen LogP contribution >= 0.6 is 12.2 Å². The van der Waals surface area contributed by atoms with Crippen molar-refractivity contribution < 1.29 is 0 Å². The van der Waals surface area contributed by atoms with Crippen molar-refractivity contribution in [2.24, 2.45) is 4.99 Å². The number of rotatable bonds is 2. The first-order valence-electron chi connectivity index (χ1n) is 4.04. The van der Waals surface area contributed by atoms with Gasteiger partial charge >= 0.3 is 0 Å². The van der Waals surface area contributed by atoms with E-state index in [0.717, 1.165) is 10.2 Å². The first kappa shape index (κ1) is 10.1. The van der Waals surface area contributed by atoms with E-state index in [4.69, 9.17) is 0 Å². The number of thiocarbonyl (C=S) groups is 1. The summed E-state index contributed by atoms with van der Waals surface area (Å²) in [7, 11) is 6.37. The van der Waals surface area contributed by atoms with E-state index in [-0.39, 0.29) is 0 Å². The van der Waals surface area contributed by atoms with Crippen molar-refractivity contribution in [3.8, 4) is 0 Å². The summed E-state index contributed by atoms with van der Waals surface area (Å²) in [6.45, 7) is 0. The number of nitrogens with zero attached hydrogens (tertiary/aromatic N) is 2. The molecule has 0 heterocycles. The van der Waals surface area contributed by atoms with Crippen molar-refractivity contribution in [2.75, 3.05) is 21.1 Å². The molecule has 0 amide bonds. The van der Waals surface area contributed by atoms with Crippen molar-refractivity contribution in [3.05, 3.63) is 24.3 Å². The summed E-state index contributed by atoms with van der Waals surface area (Å²) in [6, 6.07) is 7.98. The van der Waals surface area contributed by atoms with Gasteiger partial charge in [0.15, 0.2) is 0 Å². The van der Waals surface area contributed by atoms with E-state index >= 15 is 0 Å². The quantitative estimate of drug-likeness (QED) is 0.399. The molecule has 0 aliphatic rings. The third-order valence-corrected chi connectivity index (χ3v) is 1.89. The minimum Gasteiger partial charge on any atom is -0.298 e. The second kappa shape index (κ2) is 3.79. The Morgan fingerprint density at radius 3 is 2.08 bits per heavy atom. The predicted molar refractivity (Wildman–Crippen MR) is 60.7 cm³/mol. The van der Waals surface area contributed by atoms with Gasteiger partial charge < -0.3 is 0 Å². The standard InChI is InChI=1S/C10H13N2S/c1-12(2,3)10-6-4-9(5-7-10)11-8-13/h4-7H,1-3H3/q+1. The lowest BCUT2D eigenvalue weighted by Crippen LogP contribution is -2.34. The number of aliphatic imine (C=N–C) groups is 1. The molecule has 2 nitrogen and oxygen atoms in total. The molecule has 0 spiro atoms. The average Bonchev–Trinajstić information content (AvgIpc) is 2.04. The van der Waals surface area contributed by atoms with Gasteiger partial charge in [-0.05, 0) is 24.4 Å². The Morgan fingerprint density at radius 2 is 1.69 bits per heavy atom. The van der Waals surface area contributed by atoms with Gasteiger partial charge in [0.2, 0.25) is 0 Å². The summed E-state index contributed by atoms with van der Waals surface area (Å²) in [6.07, 6.45) is 0. The number of benzene rings is 1. The maximum Gasteiger partial charge on any atom is 0.132 e. The normalized spacial score (nSPS) is 10.7. The van der Waals surface area contributed by atoms with Crippen LogP contribution in [0, 0.1) is 0 Å². The van der Waals surface area contributed by atoms with Gasteiger partial charge in [-0.2, -0.15) is 4.99 Å². The molecule has 68 valence electrons. The summed E-state index contributed by atoms with van der Waals surface area (Å²) in [4.78, 5) is 3.89. The van der Waals surface area contributed by atoms with E-state index < -0.39 is 0 Å². The molecule has 1 aromatic carbocycles. The molecular weight excluding hydrogens is 180 g/mol. The maximum atomic E-state index is 4.52. The van der Waals surface area contributed by atoms with Crippen LogP contribution in [-0.2, 0) is 0 Å². The fraction of sp³-hybridized carbons (Fsp3) is 0.300. The van der Waals surface area contributed by atoms with Crippen LogP contribution in [0.4, 0.5) is 11.4 Å². The fourth-order valence-electron chi connectivity index (χ4n) is 1.03. The summed E-state index contributed by atoms with van der Waals surface area (Å²) in [5.74, 6) is 0. The van der Waals surface area contributed by atoms with E-state index in [9.17, 15) is 0 Å². The Bertz CT molecular complexity index is 329. The van der Waals surface area contributed by atoms with Crippen LogP contribution in [0.2, 0.25) is 0 Å². The molecular formula is C10H13N2S+. The third-order valence-electron chi connectivity index (χ3n) is 1.80. The molecule has 0 aliphatic carbocycles. The first-order valence-corrected chi connectivity index (χ1v) is 4.45. The van der Waals surface area contributed by atoms with Crippen LogP contribution in [0.1, 0.15) is 0 Å². The van der Waals surface area contributed by atoms with Gasteiger partial charge in [-0.3, -0.25) is 4.48 Å². The molecule has 1 rings (SSSR count). The molecule has 0 aromatic heterocycles. The van der Waals surface area contributed by atoms with E-state index in [1.165, 1.54) is 5.69 Å². The zero-order chi connectivity index (χ0) is 9.90. The number of hydrogen-bond donors (Lipinski definition) is 0. The van der Waals surface area contributed by atoms with Crippen LogP contribution in [0.25, 0.3) is 0 Å². The highest BCUT2D eigenvalue weighted by Gasteiger charge is 2.10. The molecule has 13 heavy (non-hydrogen) atoms. The molecule has 0 fully saturated rings. The van der Waals surface area contributed by atoms with Crippen molar-refractivity contribution in [2.45, 2.75) is 0 Å². The Labute approximate surface area is 84.1 Å². The van der Waals surface area contributed by atoms with Crippen LogP contribution in [0.5, 0.6) is 0 Å². The van der Waals surface area contributed by atoms with E-state index in [1.54, 1.807) is 0 Å². The largest absolute Gasteiger partial charge is 0.298 e. The highest BCUT2D eigenvalue weighted by Crippen LogP contribution is 2.20. The van der Waals surface area contributed by atoms with Crippen LogP contribution in [-0.4, -0.2) is 26.3 Å². The van der Waals surface area contributed by atoms with Gasteiger partial charge in [0.05, 0.1) is 32.0 Å². The van der Waals surface area contributed by atoms with Crippen molar-refractivity contribution in [1.82, 2.24) is 4.48 Å². The van der Waals surface area contributed by atoms with Crippen molar-refractivity contribution in [1.29, 1.82) is 0 Å². The highest BCUT2D eigenvalue weighted by molar-refractivity contribution is 7.78. The number of isothiocyanates is 1. The molecule has 1 aromatic rings. The summed E-state index contributed by atoms with van der Waals surface area (Å²) in [5, 5.41) is 2.35. The lowest BCUT2D eigenvalue weighted by Gasteiger charge is -2.23. The Balaban J connectivity index is 3.00. The van der Waals surface area contributed by atoms with Gasteiger partial charge in [-0.15, -0.1) is 0 Å². The zero-order valence-electron chi connectivity index (χ0n) is 8.11. The molecule has 0 atom stereocenters. The van der Waals surface area contributed by atoms with E-state index in [1.807, 2.05) is 24.3 Å². The van der Waals surface area contributed by atoms with Crippen LogP contribution < -0.4 is 4.48 Å². The second-order valence-electron chi connectivity index (χ2n) is 3.73. The van der Waals surface area contributed by atoms with E-state index in [0.29, 0.717) is 0 Å². The Hall–Kier alpha value is -1.02. The molecule has 0 saturated carbocycles. The summed E-state index contributed by atoms with van der Waals surface area (Å²) >= 11 is 4.52. The highest BCUT2D eigenvalue weighted by atomic mass is 32.1. The second-order valence-corrected chi connectivity index (χ2v) is 3.91. The number of quaternary nitrogens is 1. The molecule has 0 bridgehead atoms. The smallest absolute Gasteiger partial charge is 0.132 e. The van der Waals surface area contributed by atoms with E-state index in [2.05, 4.69) is 43.5 Å². The maximum absolute atomic E-state index is 4.52. The van der Waals surface area contributed by atoms with Gasteiger partial charge in [-0.25, -0.2) is 0 Å². The Morgan fingerprint density at radius 1 is 1.15 bits per heavy atom. The summed E-state index contributed by atoms with van der Waals surface area (Å²) in [5.41, 5.74) is 2.09. The topological polar surface area (TPSA) is 12.4 Å². The zero-order valence-corrected chi connectivity index (χ0v) is 8.93. The number of hydrogen-bond acceptors (Lipinski definition) is 2. The van der Waals surface area contributed by atoms with Gasteiger partial charge in [0.25, 0.3) is 0 Å². The molecule has 0 N–H and O–H groups in total. The molecule has 0 aliphatic heterocycles. The fourth-order valence-corrected chi connectivity index (χ4v) is 1.13. The molecule has 3 heteroatoms. The summed E-state index contributed by atoms with van der Waals surface area (Å²) < 4.78 is 0.807. The lowest BCUT2D eigenvalue weighted by atomic mass is 10.2. The molecule has 0 saturated heterocycles. The monoisotopic (exact) mass is 193 g/mol. The third kappa shape index (κ3) is 2.74. The lowest BCUT2D eigenvalue weighted by molar-refractivity contribution is 0.486. The van der Waals surface area contributed by atoms with Gasteiger partial charge in [-0.1, -0.05) is 0 Å². The van der Waals surface area contributed by atoms with Gasteiger partial charge in [0, 0.05) is 12.1 Å². The minimum absolute atomic E-state index is 0.807. The Kier molecular flexibility index (Phi) is 2.94. The predicted octanol–water partition coefficient (Wildman–Crippen LogP) is 2.62. The van der Waals surface area contributed by atoms with Gasteiger partial charge in [0.1, 0.15) is 5.69 Å². The average molecular weight is 193 g/mol. The first-order chi connectivity index (χ1) is 6.04.